The molecule has 2 rings (SSSR count). The minimum absolute atomic E-state index is 0.0198. The average molecular weight is 204 g/mol. The summed E-state index contributed by atoms with van der Waals surface area (Å²) in [6.45, 7) is 8.59. The lowest BCUT2D eigenvalue weighted by molar-refractivity contribution is -0.109. The van der Waals surface area contributed by atoms with Crippen LogP contribution >= 0.6 is 0 Å². The van der Waals surface area contributed by atoms with Gasteiger partial charge in [-0.15, -0.1) is 0 Å². The fourth-order valence-electron chi connectivity index (χ4n) is 2.87. The quantitative estimate of drug-likeness (QED) is 0.497. The molecule has 0 amide bonds. The second kappa shape index (κ2) is 3.62. The van der Waals surface area contributed by atoms with E-state index in [1.807, 2.05) is 0 Å². The van der Waals surface area contributed by atoms with Crippen molar-refractivity contribution in [2.24, 2.45) is 17.3 Å². The van der Waals surface area contributed by atoms with Crippen molar-refractivity contribution in [2.75, 3.05) is 0 Å². The Morgan fingerprint density at radius 1 is 1.47 bits per heavy atom. The molecule has 82 valence electrons. The molecule has 0 saturated heterocycles. The second-order valence-electron chi connectivity index (χ2n) is 5.63. The van der Waals surface area contributed by atoms with Crippen LogP contribution in [0.1, 0.15) is 39.5 Å². The predicted molar refractivity (Wildman–Crippen MR) is 62.5 cm³/mol. The van der Waals surface area contributed by atoms with Crippen LogP contribution in [0.25, 0.3) is 0 Å². The molecule has 1 atom stereocenters. The summed E-state index contributed by atoms with van der Waals surface area (Å²) < 4.78 is 0. The van der Waals surface area contributed by atoms with Crippen LogP contribution in [0.3, 0.4) is 0 Å². The van der Waals surface area contributed by atoms with Crippen molar-refractivity contribution in [3.8, 4) is 0 Å². The van der Waals surface area contributed by atoms with Gasteiger partial charge < -0.3 is 4.79 Å². The molecule has 1 nitrogen and oxygen atoms in total. The monoisotopic (exact) mass is 204 g/mol. The van der Waals surface area contributed by atoms with Gasteiger partial charge in [-0.25, -0.2) is 0 Å². The van der Waals surface area contributed by atoms with E-state index in [1.165, 1.54) is 24.8 Å². The van der Waals surface area contributed by atoms with Crippen LogP contribution in [-0.4, -0.2) is 6.29 Å². The summed E-state index contributed by atoms with van der Waals surface area (Å²) in [4.78, 5) is 11.0. The maximum absolute atomic E-state index is 11.0. The average Bonchev–Trinajstić information content (AvgIpc) is 2.05. The van der Waals surface area contributed by atoms with E-state index in [0.29, 0.717) is 0 Å². The molecule has 0 aliphatic heterocycles. The lowest BCUT2D eigenvalue weighted by Crippen LogP contribution is -2.31. The minimum Gasteiger partial charge on any atom is -0.302 e. The number of hydrogen-bond acceptors (Lipinski definition) is 1. The summed E-state index contributed by atoms with van der Waals surface area (Å²) in [7, 11) is 0. The zero-order valence-corrected chi connectivity index (χ0v) is 9.75. The molecule has 1 saturated carbocycles. The molecule has 1 heteroatoms. The first-order valence-electron chi connectivity index (χ1n) is 5.90. The smallest absolute Gasteiger partial charge is 0.130 e. The van der Waals surface area contributed by atoms with Crippen LogP contribution in [-0.2, 0) is 4.79 Å². The van der Waals surface area contributed by atoms with E-state index in [9.17, 15) is 4.79 Å². The number of carbonyl (C=O) groups is 1. The van der Waals surface area contributed by atoms with Gasteiger partial charge in [0.15, 0.2) is 0 Å². The van der Waals surface area contributed by atoms with Crippen molar-refractivity contribution in [1.82, 2.24) is 0 Å². The Morgan fingerprint density at radius 2 is 2.13 bits per heavy atom. The Balaban J connectivity index is 2.30. The van der Waals surface area contributed by atoms with Crippen molar-refractivity contribution in [3.63, 3.8) is 0 Å². The van der Waals surface area contributed by atoms with Gasteiger partial charge in [0.2, 0.25) is 0 Å². The topological polar surface area (TPSA) is 17.1 Å². The maximum atomic E-state index is 11.0. The predicted octanol–water partition coefficient (Wildman–Crippen LogP) is 3.51. The van der Waals surface area contributed by atoms with Crippen LogP contribution in [0.2, 0.25) is 0 Å². The SMILES string of the molecule is C=C1CC(C)(C)C(C2CCC2)=CC1C=O. The highest BCUT2D eigenvalue weighted by Gasteiger charge is 2.37. The van der Waals surface area contributed by atoms with Gasteiger partial charge in [0.25, 0.3) is 0 Å². The molecule has 0 aromatic heterocycles. The van der Waals surface area contributed by atoms with Gasteiger partial charge in [-0.05, 0) is 30.6 Å². The first-order valence-corrected chi connectivity index (χ1v) is 5.90. The summed E-state index contributed by atoms with van der Waals surface area (Å²) >= 11 is 0. The fourth-order valence-corrected chi connectivity index (χ4v) is 2.87. The number of aldehydes is 1. The summed E-state index contributed by atoms with van der Waals surface area (Å²) in [5.41, 5.74) is 2.82. The molecular formula is C14H20O. The van der Waals surface area contributed by atoms with Crippen LogP contribution in [0.4, 0.5) is 0 Å². The van der Waals surface area contributed by atoms with Crippen molar-refractivity contribution < 1.29 is 4.79 Å². The van der Waals surface area contributed by atoms with E-state index < -0.39 is 0 Å². The maximum Gasteiger partial charge on any atom is 0.130 e. The molecule has 2 aliphatic rings. The molecule has 0 bridgehead atoms. The highest BCUT2D eigenvalue weighted by molar-refractivity contribution is 5.63. The third-order valence-corrected chi connectivity index (χ3v) is 3.97. The first-order chi connectivity index (χ1) is 7.04. The lowest BCUT2D eigenvalue weighted by Gasteiger charge is -2.42. The van der Waals surface area contributed by atoms with Crippen LogP contribution in [0.5, 0.6) is 0 Å². The van der Waals surface area contributed by atoms with Gasteiger partial charge in [0, 0.05) is 0 Å². The van der Waals surface area contributed by atoms with Gasteiger partial charge in [-0.1, -0.05) is 44.1 Å². The van der Waals surface area contributed by atoms with E-state index in [1.54, 1.807) is 0 Å². The van der Waals surface area contributed by atoms with E-state index in [-0.39, 0.29) is 11.3 Å². The molecule has 0 N–H and O–H groups in total. The Labute approximate surface area is 92.3 Å². The van der Waals surface area contributed by atoms with Crippen LogP contribution in [0, 0.1) is 17.3 Å². The third kappa shape index (κ3) is 1.80. The van der Waals surface area contributed by atoms with Crippen molar-refractivity contribution >= 4 is 6.29 Å². The van der Waals surface area contributed by atoms with Crippen LogP contribution < -0.4 is 0 Å². The number of hydrogen-bond donors (Lipinski definition) is 0. The molecule has 1 unspecified atom stereocenters. The molecule has 0 heterocycles. The van der Waals surface area contributed by atoms with Crippen molar-refractivity contribution in [3.05, 3.63) is 23.8 Å². The van der Waals surface area contributed by atoms with Crippen molar-refractivity contribution in [2.45, 2.75) is 39.5 Å². The van der Waals surface area contributed by atoms with Gasteiger partial charge >= 0.3 is 0 Å². The molecule has 0 aromatic rings. The Hall–Kier alpha value is -0.850. The van der Waals surface area contributed by atoms with Crippen molar-refractivity contribution in [1.29, 1.82) is 0 Å². The zero-order chi connectivity index (χ0) is 11.1. The van der Waals surface area contributed by atoms with Gasteiger partial charge in [-0.3, -0.25) is 0 Å². The van der Waals surface area contributed by atoms with Gasteiger partial charge in [0.1, 0.15) is 6.29 Å². The standard InChI is InChI=1S/C14H20O/c1-10-8-14(2,3)13(7-12(10)9-15)11-5-4-6-11/h7,9,11-12H,1,4-6,8H2,2-3H3. The van der Waals surface area contributed by atoms with E-state index in [2.05, 4.69) is 26.5 Å². The molecule has 0 spiro atoms. The second-order valence-corrected chi connectivity index (χ2v) is 5.63. The number of carbonyl (C=O) groups excluding carboxylic acids is 1. The van der Waals surface area contributed by atoms with Gasteiger partial charge in [0.05, 0.1) is 5.92 Å². The third-order valence-electron chi connectivity index (χ3n) is 3.97. The summed E-state index contributed by atoms with van der Waals surface area (Å²) in [5.74, 6) is 0.726. The molecule has 15 heavy (non-hydrogen) atoms. The summed E-state index contributed by atoms with van der Waals surface area (Å²) in [6.07, 6.45) is 8.17. The fraction of sp³-hybridized carbons (Fsp3) is 0.643. The van der Waals surface area contributed by atoms with E-state index in [4.69, 9.17) is 0 Å². The molecule has 2 aliphatic carbocycles. The summed E-state index contributed by atoms with van der Waals surface area (Å²) in [5, 5.41) is 0. The Morgan fingerprint density at radius 3 is 2.60 bits per heavy atom. The molecule has 0 radical (unpaired) electrons. The molecular weight excluding hydrogens is 184 g/mol. The Bertz CT molecular complexity index is 318. The van der Waals surface area contributed by atoms with Gasteiger partial charge in [-0.2, -0.15) is 0 Å². The minimum atomic E-state index is -0.0198. The number of rotatable bonds is 2. The molecule has 1 fully saturated rings. The largest absolute Gasteiger partial charge is 0.302 e. The normalized spacial score (nSPS) is 30.7. The number of allylic oxidation sites excluding steroid dienone is 3. The van der Waals surface area contributed by atoms with E-state index >= 15 is 0 Å². The highest BCUT2D eigenvalue weighted by Crippen LogP contribution is 2.49. The van der Waals surface area contributed by atoms with Crippen LogP contribution in [0.15, 0.2) is 23.8 Å². The first kappa shape index (κ1) is 10.7. The zero-order valence-electron chi connectivity index (χ0n) is 9.75. The highest BCUT2D eigenvalue weighted by atomic mass is 16.1. The summed E-state index contributed by atoms with van der Waals surface area (Å²) in [6, 6.07) is 0. The Kier molecular flexibility index (Phi) is 2.57. The van der Waals surface area contributed by atoms with E-state index in [0.717, 1.165) is 24.2 Å². The molecule has 0 aromatic carbocycles. The lowest BCUT2D eigenvalue weighted by atomic mass is 9.62.